The van der Waals surface area contributed by atoms with Crippen LogP contribution in [0.3, 0.4) is 0 Å². The first-order chi connectivity index (χ1) is 39.4. The van der Waals surface area contributed by atoms with Crippen LogP contribution in [0.5, 0.6) is 17.2 Å². The molecule has 474 valence electrons. The number of carbonyl (C=O) groups excluding carboxylic acids is 3. The Bertz CT molecular complexity index is 2280. The van der Waals surface area contributed by atoms with Crippen molar-refractivity contribution in [2.24, 2.45) is 17.8 Å². The molecular formula is C71H112BrClN2O9. The first-order valence-electron chi connectivity index (χ1n) is 31.2. The highest BCUT2D eigenvalue weighted by molar-refractivity contribution is 9.10. The molecule has 13 heteroatoms. The first-order valence-corrected chi connectivity index (χ1v) is 32.0. The summed E-state index contributed by atoms with van der Waals surface area (Å²) in [7, 11) is 3.41. The summed E-state index contributed by atoms with van der Waals surface area (Å²) in [6.07, 6.45) is 33.3. The SMILES string of the molecule is Brc1cccc(OCC2CCCCC2)c1.C=CCCC(=O)OC(C)(C)C.C=CCN(C)C(=O)OC(C)(C)C.CCCCCc1cccc(OCC2CCCCC2)c1.CN(C/C=C/c1cccc(OCC2CCCCC2)c1)C(=O)OC(C)(C)C.Cl. The Morgan fingerprint density at radius 1 is 0.560 bits per heavy atom. The van der Waals surface area contributed by atoms with Crippen molar-refractivity contribution in [1.82, 2.24) is 9.80 Å². The van der Waals surface area contributed by atoms with E-state index < -0.39 is 11.2 Å². The topological polar surface area (TPSA) is 113 Å². The van der Waals surface area contributed by atoms with Gasteiger partial charge in [-0.2, -0.15) is 0 Å². The number of allylic oxidation sites excluding steroid dienone is 1. The quantitative estimate of drug-likeness (QED) is 0.0445. The van der Waals surface area contributed by atoms with Crippen LogP contribution >= 0.6 is 28.3 Å². The average Bonchev–Trinajstić information content (AvgIpc) is 3.55. The van der Waals surface area contributed by atoms with Gasteiger partial charge in [-0.05, 0) is 191 Å². The van der Waals surface area contributed by atoms with E-state index in [1.807, 2.05) is 123 Å². The number of benzene rings is 3. The lowest BCUT2D eigenvalue weighted by molar-refractivity contribution is -0.154. The number of aryl methyl sites for hydroxylation is 1. The van der Waals surface area contributed by atoms with Gasteiger partial charge in [-0.3, -0.25) is 4.79 Å². The van der Waals surface area contributed by atoms with Crippen LogP contribution in [0.4, 0.5) is 9.59 Å². The summed E-state index contributed by atoms with van der Waals surface area (Å²) in [5, 5.41) is 0. The van der Waals surface area contributed by atoms with Crippen LogP contribution < -0.4 is 14.2 Å². The number of nitrogens with zero attached hydrogens (tertiary/aromatic N) is 2. The summed E-state index contributed by atoms with van der Waals surface area (Å²) >= 11 is 3.45. The maximum Gasteiger partial charge on any atom is 0.410 e. The first kappa shape index (κ1) is 77.1. The highest BCUT2D eigenvalue weighted by Gasteiger charge is 2.21. The Kier molecular flexibility index (Phi) is 40.0. The third kappa shape index (κ3) is 40.4. The molecule has 84 heavy (non-hydrogen) atoms. The molecule has 0 N–H and O–H groups in total. The summed E-state index contributed by atoms with van der Waals surface area (Å²) in [5.74, 6) is 5.07. The smallest absolute Gasteiger partial charge is 0.410 e. The van der Waals surface area contributed by atoms with E-state index in [9.17, 15) is 14.4 Å². The molecule has 0 aliphatic heterocycles. The van der Waals surface area contributed by atoms with E-state index >= 15 is 0 Å². The zero-order valence-electron chi connectivity index (χ0n) is 54.1. The van der Waals surface area contributed by atoms with Gasteiger partial charge in [0.05, 0.1) is 19.8 Å². The molecule has 0 unspecified atom stereocenters. The molecule has 0 heterocycles. The largest absolute Gasteiger partial charge is 0.493 e. The summed E-state index contributed by atoms with van der Waals surface area (Å²) in [6.45, 7) is 29.6. The second-order valence-electron chi connectivity index (χ2n) is 25.4. The minimum absolute atomic E-state index is 0. The Morgan fingerprint density at radius 2 is 0.988 bits per heavy atom. The molecule has 3 aromatic rings. The highest BCUT2D eigenvalue weighted by Crippen LogP contribution is 2.28. The number of rotatable bonds is 21. The van der Waals surface area contributed by atoms with Gasteiger partial charge in [0, 0.05) is 38.1 Å². The number of halogens is 2. The van der Waals surface area contributed by atoms with E-state index in [0.717, 1.165) is 58.9 Å². The Morgan fingerprint density at radius 3 is 1.42 bits per heavy atom. The maximum atomic E-state index is 11.9. The molecule has 3 fully saturated rings. The van der Waals surface area contributed by atoms with Gasteiger partial charge in [0.15, 0.2) is 0 Å². The van der Waals surface area contributed by atoms with Gasteiger partial charge in [-0.25, -0.2) is 9.59 Å². The van der Waals surface area contributed by atoms with E-state index in [1.54, 1.807) is 31.1 Å². The van der Waals surface area contributed by atoms with Crippen LogP contribution in [0.25, 0.3) is 6.08 Å². The molecule has 11 nitrogen and oxygen atoms in total. The molecule has 0 spiro atoms. The Balaban J connectivity index is 0.000000544. The zero-order valence-corrected chi connectivity index (χ0v) is 56.5. The Labute approximate surface area is 525 Å². The van der Waals surface area contributed by atoms with Crippen molar-refractivity contribution in [2.45, 2.75) is 221 Å². The molecule has 3 aliphatic carbocycles. The Hall–Kier alpha value is -4.94. The van der Waals surface area contributed by atoms with Gasteiger partial charge < -0.3 is 38.2 Å². The van der Waals surface area contributed by atoms with E-state index in [2.05, 4.69) is 60.3 Å². The van der Waals surface area contributed by atoms with E-state index in [4.69, 9.17) is 28.4 Å². The fourth-order valence-corrected chi connectivity index (χ4v) is 9.70. The predicted octanol–water partition coefficient (Wildman–Crippen LogP) is 20.1. The van der Waals surface area contributed by atoms with E-state index in [-0.39, 0.29) is 36.2 Å². The number of carbonyl (C=O) groups is 3. The van der Waals surface area contributed by atoms with Crippen LogP contribution in [-0.2, 0) is 25.4 Å². The van der Waals surface area contributed by atoms with Crippen molar-refractivity contribution in [1.29, 1.82) is 0 Å². The minimum atomic E-state index is -0.473. The fraction of sp³-hybridized carbons (Fsp3) is 0.620. The predicted molar refractivity (Wildman–Crippen MR) is 356 cm³/mol. The summed E-state index contributed by atoms with van der Waals surface area (Å²) in [4.78, 5) is 37.1. The van der Waals surface area contributed by atoms with Crippen LogP contribution in [0.2, 0.25) is 0 Å². The van der Waals surface area contributed by atoms with Crippen molar-refractivity contribution in [3.63, 3.8) is 0 Å². The van der Waals surface area contributed by atoms with Crippen molar-refractivity contribution < 1.29 is 42.8 Å². The monoisotopic (exact) mass is 1250 g/mol. The normalized spacial score (nSPS) is 14.7. The standard InChI is InChI=1S/C22H33NO3.C18H28O.C13H17BrO.C9H17NO2.C9H16O2.ClH/c1-22(2,3)26-21(24)23(4)15-9-13-18-12-8-14-20(16-18)25-17-19-10-6-5-7-11-19;1-2-3-5-9-16-12-8-13-18(14-16)19-15-17-10-6-4-7-11-17;14-12-7-4-8-13(9-12)15-10-11-5-2-1-3-6-11;1-6-7-10(5)8(11)12-9(2,3)4;1-5-6-7-8(10)11-9(2,3)4;/h8-9,12-14,16,19H,5-7,10-11,15,17H2,1-4H3;8,12-14,17H,2-7,9-11,15H2,1H3;4,7-9,11H,1-3,5-6,10H2;6H,1,7H2,2-5H3;5H,1,6-7H2,2-4H3;1H/b13-9+;;;;;. The van der Waals surface area contributed by atoms with Crippen molar-refractivity contribution in [3.05, 3.63) is 120 Å². The van der Waals surface area contributed by atoms with Crippen LogP contribution in [-0.4, -0.2) is 91.8 Å². The molecule has 0 atom stereocenters. The van der Waals surface area contributed by atoms with Crippen LogP contribution in [0.1, 0.15) is 209 Å². The molecule has 0 saturated heterocycles. The molecule has 3 saturated carbocycles. The third-order valence-electron chi connectivity index (χ3n) is 13.7. The highest BCUT2D eigenvalue weighted by atomic mass is 79.9. The number of amides is 2. The third-order valence-corrected chi connectivity index (χ3v) is 14.2. The van der Waals surface area contributed by atoms with E-state index in [0.29, 0.717) is 31.8 Å². The number of likely N-dealkylation sites (N-methyl/N-ethyl adjacent to an activating group) is 2. The minimum Gasteiger partial charge on any atom is -0.493 e. The second kappa shape index (κ2) is 43.6. The van der Waals surface area contributed by atoms with Crippen molar-refractivity contribution >= 4 is 52.6 Å². The van der Waals surface area contributed by atoms with Gasteiger partial charge in [0.1, 0.15) is 34.1 Å². The molecule has 0 aromatic heterocycles. The average molecular weight is 1250 g/mol. The van der Waals surface area contributed by atoms with Gasteiger partial charge in [-0.1, -0.05) is 148 Å². The lowest BCUT2D eigenvalue weighted by Crippen LogP contribution is -2.34. The molecular weight excluding hydrogens is 1140 g/mol. The van der Waals surface area contributed by atoms with E-state index in [1.165, 1.54) is 132 Å². The number of ether oxygens (including phenoxy) is 6. The fourth-order valence-electron chi connectivity index (χ4n) is 9.32. The lowest BCUT2D eigenvalue weighted by atomic mass is 9.90. The zero-order chi connectivity index (χ0) is 61.5. The number of hydrogen-bond acceptors (Lipinski definition) is 9. The molecule has 2 amide bonds. The van der Waals surface area contributed by atoms with Gasteiger partial charge in [0.2, 0.25) is 0 Å². The van der Waals surface area contributed by atoms with Crippen molar-refractivity contribution in [3.8, 4) is 17.2 Å². The van der Waals surface area contributed by atoms with Gasteiger partial charge in [-0.15, -0.1) is 25.6 Å². The molecule has 6 rings (SSSR count). The van der Waals surface area contributed by atoms with Gasteiger partial charge >= 0.3 is 18.2 Å². The summed E-state index contributed by atoms with van der Waals surface area (Å²) in [5.41, 5.74) is 1.24. The molecule has 0 radical (unpaired) electrons. The van der Waals surface area contributed by atoms with Crippen LogP contribution in [0.15, 0.2) is 109 Å². The molecule has 0 bridgehead atoms. The number of hydrogen-bond donors (Lipinski definition) is 0. The lowest BCUT2D eigenvalue weighted by Gasteiger charge is -2.23. The number of unbranched alkanes of at least 4 members (excludes halogenated alkanes) is 2. The van der Waals surface area contributed by atoms with Crippen molar-refractivity contribution in [2.75, 3.05) is 47.0 Å². The van der Waals surface area contributed by atoms with Crippen LogP contribution in [0, 0.1) is 17.8 Å². The number of esters is 1. The van der Waals surface area contributed by atoms with Gasteiger partial charge in [0.25, 0.3) is 0 Å². The summed E-state index contributed by atoms with van der Waals surface area (Å²) in [6, 6.07) is 24.9. The maximum absolute atomic E-state index is 11.9. The molecule has 3 aromatic carbocycles. The molecule has 3 aliphatic rings. The summed E-state index contributed by atoms with van der Waals surface area (Å²) < 4.78 is 34.4. The second-order valence-corrected chi connectivity index (χ2v) is 26.3.